The third-order valence-corrected chi connectivity index (χ3v) is 8.35. The van der Waals surface area contributed by atoms with Gasteiger partial charge in [0.25, 0.3) is 5.69 Å². The number of sulfonamides is 1. The van der Waals surface area contributed by atoms with Crippen LogP contribution in [0.15, 0.2) is 65.1 Å². The molecule has 1 fully saturated rings. The van der Waals surface area contributed by atoms with Crippen LogP contribution in [0.1, 0.15) is 30.4 Å². The lowest BCUT2D eigenvalue weighted by Gasteiger charge is -2.46. The third-order valence-electron chi connectivity index (χ3n) is 6.46. The van der Waals surface area contributed by atoms with Gasteiger partial charge in [-0.3, -0.25) is 14.9 Å². The first-order valence-electron chi connectivity index (χ1n) is 10.6. The Morgan fingerprint density at radius 3 is 2.44 bits per heavy atom. The van der Waals surface area contributed by atoms with E-state index in [1.807, 2.05) is 30.3 Å². The van der Waals surface area contributed by atoms with Gasteiger partial charge in [0.1, 0.15) is 0 Å². The summed E-state index contributed by atoms with van der Waals surface area (Å²) >= 11 is 0. The normalized spacial score (nSPS) is 21.6. The van der Waals surface area contributed by atoms with E-state index in [0.717, 1.165) is 15.4 Å². The molecule has 1 atom stereocenters. The second-order valence-corrected chi connectivity index (χ2v) is 10.5. The molecule has 1 heterocycles. The van der Waals surface area contributed by atoms with Gasteiger partial charge in [-0.1, -0.05) is 35.9 Å². The van der Waals surface area contributed by atoms with Crippen LogP contribution in [0, 0.1) is 15.5 Å². The monoisotopic (exact) mass is 494 g/mol. The molecule has 2 aromatic rings. The number of benzene rings is 2. The highest BCUT2D eigenvalue weighted by Crippen LogP contribution is 2.46. The Bertz CT molecular complexity index is 1280. The third kappa shape index (κ3) is 4.49. The first kappa shape index (κ1) is 24.1. The van der Waals surface area contributed by atoms with Crippen LogP contribution in [0.2, 0.25) is 0 Å². The quantitative estimate of drug-likeness (QED) is 0.450. The first-order valence-corrected chi connectivity index (χ1v) is 12.0. The Labute approximate surface area is 194 Å². The van der Waals surface area contributed by atoms with Crippen molar-refractivity contribution < 1.29 is 31.3 Å². The van der Waals surface area contributed by atoms with Crippen molar-refractivity contribution >= 4 is 21.5 Å². The van der Waals surface area contributed by atoms with E-state index < -0.39 is 42.7 Å². The van der Waals surface area contributed by atoms with Crippen LogP contribution in [-0.4, -0.2) is 36.5 Å². The van der Waals surface area contributed by atoms with Crippen LogP contribution in [0.4, 0.5) is 18.9 Å². The number of nitrogens with zero attached hydrogens (tertiary/aromatic N) is 2. The van der Waals surface area contributed by atoms with Gasteiger partial charge in [0.2, 0.25) is 10.0 Å². The number of hydrogen-bond donors (Lipinski definition) is 0. The zero-order chi connectivity index (χ0) is 24.7. The number of halogens is 3. The summed E-state index contributed by atoms with van der Waals surface area (Å²) in [6, 6.07) is 10.8. The van der Waals surface area contributed by atoms with E-state index in [-0.39, 0.29) is 37.8 Å². The molecule has 0 amide bonds. The van der Waals surface area contributed by atoms with Crippen molar-refractivity contribution in [3.63, 3.8) is 0 Å². The average Bonchev–Trinajstić information content (AvgIpc) is 2.78. The number of allylic oxidation sites excluding steroid dienone is 1. The second kappa shape index (κ2) is 8.62. The van der Waals surface area contributed by atoms with Crippen molar-refractivity contribution in [2.75, 3.05) is 13.1 Å². The predicted octanol–water partition coefficient (Wildman–Crippen LogP) is 4.53. The van der Waals surface area contributed by atoms with Gasteiger partial charge in [-0.2, -0.15) is 17.5 Å². The SMILES string of the molecule is O=C1C=C2CCN(S(=O)(=O)c3ccc(C(F)(F)F)cc3[N+](=O)[O-])CC2(Cc2ccccc2)CC1. The van der Waals surface area contributed by atoms with E-state index in [0.29, 0.717) is 25.0 Å². The van der Waals surface area contributed by atoms with Crippen LogP contribution >= 0.6 is 0 Å². The standard InChI is InChI=1S/C23H21F3N2O5S/c24-23(25,26)18-6-7-21(20(13-18)28(30)31)34(32,33)27-11-9-17-12-19(29)8-10-22(17,15-27)14-16-4-2-1-3-5-16/h1-7,12-13H,8-11,14-15H2. The van der Waals surface area contributed by atoms with Crippen LogP contribution in [-0.2, 0) is 27.4 Å². The molecule has 0 radical (unpaired) electrons. The summed E-state index contributed by atoms with van der Waals surface area (Å²) < 4.78 is 67.2. The van der Waals surface area contributed by atoms with Gasteiger partial charge in [0, 0.05) is 31.0 Å². The molecule has 0 bridgehead atoms. The molecular weight excluding hydrogens is 473 g/mol. The number of ketones is 1. The van der Waals surface area contributed by atoms with E-state index in [4.69, 9.17) is 0 Å². The number of carbonyl (C=O) groups excluding carboxylic acids is 1. The maximum atomic E-state index is 13.5. The topological polar surface area (TPSA) is 97.6 Å². The van der Waals surface area contributed by atoms with Gasteiger partial charge in [-0.25, -0.2) is 8.42 Å². The molecule has 1 saturated heterocycles. The van der Waals surface area contributed by atoms with Gasteiger partial charge in [-0.05, 0) is 43.0 Å². The molecule has 180 valence electrons. The molecule has 1 aliphatic heterocycles. The number of alkyl halides is 3. The van der Waals surface area contributed by atoms with Crippen molar-refractivity contribution in [2.45, 2.75) is 36.8 Å². The molecule has 4 rings (SSSR count). The van der Waals surface area contributed by atoms with E-state index >= 15 is 0 Å². The fourth-order valence-corrected chi connectivity index (χ4v) is 6.43. The Morgan fingerprint density at radius 1 is 1.09 bits per heavy atom. The van der Waals surface area contributed by atoms with Gasteiger partial charge in [-0.15, -0.1) is 0 Å². The van der Waals surface area contributed by atoms with E-state index in [1.165, 1.54) is 0 Å². The van der Waals surface area contributed by atoms with Crippen molar-refractivity contribution in [1.82, 2.24) is 4.31 Å². The minimum atomic E-state index is -4.85. The molecule has 0 N–H and O–H groups in total. The molecule has 7 nitrogen and oxygen atoms in total. The molecule has 2 aromatic carbocycles. The minimum Gasteiger partial charge on any atom is -0.295 e. The number of carbonyl (C=O) groups is 1. The summed E-state index contributed by atoms with van der Waals surface area (Å²) in [5.41, 5.74) is -1.31. The Hall–Kier alpha value is -3.05. The van der Waals surface area contributed by atoms with Crippen molar-refractivity contribution in [1.29, 1.82) is 0 Å². The van der Waals surface area contributed by atoms with Crippen LogP contribution < -0.4 is 0 Å². The van der Waals surface area contributed by atoms with Crippen molar-refractivity contribution in [2.24, 2.45) is 5.41 Å². The predicted molar refractivity (Wildman–Crippen MR) is 116 cm³/mol. The highest BCUT2D eigenvalue weighted by molar-refractivity contribution is 7.89. The van der Waals surface area contributed by atoms with Gasteiger partial charge in [0.15, 0.2) is 10.7 Å². The lowest BCUT2D eigenvalue weighted by Crippen LogP contribution is -2.49. The van der Waals surface area contributed by atoms with E-state index in [2.05, 4.69) is 0 Å². The zero-order valence-corrected chi connectivity index (χ0v) is 18.7. The van der Waals surface area contributed by atoms with Gasteiger partial charge < -0.3 is 0 Å². The zero-order valence-electron chi connectivity index (χ0n) is 17.9. The number of piperidine rings is 1. The van der Waals surface area contributed by atoms with E-state index in [1.54, 1.807) is 6.08 Å². The number of nitro benzene ring substituents is 1. The molecule has 0 aromatic heterocycles. The van der Waals surface area contributed by atoms with Crippen molar-refractivity contribution in [3.8, 4) is 0 Å². The van der Waals surface area contributed by atoms with Gasteiger partial charge in [0.05, 0.1) is 10.5 Å². The van der Waals surface area contributed by atoms with Crippen molar-refractivity contribution in [3.05, 3.63) is 81.4 Å². The number of hydrogen-bond acceptors (Lipinski definition) is 5. The fourth-order valence-electron chi connectivity index (χ4n) is 4.77. The molecule has 0 saturated carbocycles. The van der Waals surface area contributed by atoms with Crippen LogP contribution in [0.5, 0.6) is 0 Å². The minimum absolute atomic E-state index is 0.0263. The number of nitro groups is 1. The summed E-state index contributed by atoms with van der Waals surface area (Å²) in [5.74, 6) is -0.0339. The molecular formula is C23H21F3N2O5S. The lowest BCUT2D eigenvalue weighted by atomic mass is 9.66. The Balaban J connectivity index is 1.74. The Kier molecular flexibility index (Phi) is 6.11. The molecule has 11 heteroatoms. The summed E-state index contributed by atoms with van der Waals surface area (Å²) in [7, 11) is -4.48. The summed E-state index contributed by atoms with van der Waals surface area (Å²) in [4.78, 5) is 21.7. The van der Waals surface area contributed by atoms with Crippen LogP contribution in [0.25, 0.3) is 0 Å². The van der Waals surface area contributed by atoms with Crippen LogP contribution in [0.3, 0.4) is 0 Å². The fraction of sp³-hybridized carbons (Fsp3) is 0.348. The lowest BCUT2D eigenvalue weighted by molar-refractivity contribution is -0.388. The smallest absolute Gasteiger partial charge is 0.295 e. The maximum absolute atomic E-state index is 13.5. The number of fused-ring (bicyclic) bond motifs is 1. The average molecular weight is 494 g/mol. The second-order valence-electron chi connectivity index (χ2n) is 8.60. The molecule has 0 spiro atoms. The summed E-state index contributed by atoms with van der Waals surface area (Å²) in [5, 5.41) is 11.5. The maximum Gasteiger partial charge on any atom is 0.416 e. The molecule has 1 aliphatic carbocycles. The molecule has 34 heavy (non-hydrogen) atoms. The van der Waals surface area contributed by atoms with Gasteiger partial charge >= 0.3 is 6.18 Å². The highest BCUT2D eigenvalue weighted by atomic mass is 32.2. The summed E-state index contributed by atoms with van der Waals surface area (Å²) in [6.45, 7) is -0.0579. The number of rotatable bonds is 5. The molecule has 2 aliphatic rings. The Morgan fingerprint density at radius 2 is 1.79 bits per heavy atom. The first-order chi connectivity index (χ1) is 15.9. The largest absolute Gasteiger partial charge is 0.416 e. The summed E-state index contributed by atoms with van der Waals surface area (Å²) in [6.07, 6.45) is -1.91. The molecule has 1 unspecified atom stereocenters. The van der Waals surface area contributed by atoms with E-state index in [9.17, 15) is 36.5 Å². The highest BCUT2D eigenvalue weighted by Gasteiger charge is 2.46.